The highest BCUT2D eigenvalue weighted by atomic mass is 16.6. The van der Waals surface area contributed by atoms with Gasteiger partial charge in [-0.3, -0.25) is 14.9 Å². The van der Waals surface area contributed by atoms with Crippen LogP contribution in [0.15, 0.2) is 30.3 Å². The van der Waals surface area contributed by atoms with E-state index in [2.05, 4.69) is 14.9 Å². The summed E-state index contributed by atoms with van der Waals surface area (Å²) >= 11 is 0. The van der Waals surface area contributed by atoms with Gasteiger partial charge in [0.25, 0.3) is 11.6 Å². The Morgan fingerprint density at radius 1 is 1.19 bits per heavy atom. The standard InChI is InChI=1S/C17H19N5O4/c1-12-18-15(11-16(19-12)26-2)20-6-8-21(9-7-20)17(23)13-4-3-5-14(10-13)22(24)25/h3-5,10-11H,6-9H2,1-2H3. The maximum Gasteiger partial charge on any atom is 0.270 e. The summed E-state index contributed by atoms with van der Waals surface area (Å²) in [6.07, 6.45) is 0. The maximum atomic E-state index is 12.6. The number of aromatic nitrogens is 2. The van der Waals surface area contributed by atoms with Crippen LogP contribution in [0.3, 0.4) is 0 Å². The first-order chi connectivity index (χ1) is 12.5. The number of nitro groups is 1. The maximum absolute atomic E-state index is 12.6. The lowest BCUT2D eigenvalue weighted by atomic mass is 10.1. The molecule has 1 saturated heterocycles. The van der Waals surface area contributed by atoms with Gasteiger partial charge in [0.05, 0.1) is 12.0 Å². The molecule has 0 aliphatic carbocycles. The fourth-order valence-electron chi connectivity index (χ4n) is 2.87. The summed E-state index contributed by atoms with van der Waals surface area (Å²) in [4.78, 5) is 35.3. The van der Waals surface area contributed by atoms with Gasteiger partial charge in [0.15, 0.2) is 0 Å². The van der Waals surface area contributed by atoms with Gasteiger partial charge in [-0.2, -0.15) is 4.98 Å². The van der Waals surface area contributed by atoms with Gasteiger partial charge < -0.3 is 14.5 Å². The molecule has 1 aromatic carbocycles. The highest BCUT2D eigenvalue weighted by Gasteiger charge is 2.24. The average Bonchev–Trinajstić information content (AvgIpc) is 2.67. The lowest BCUT2D eigenvalue weighted by molar-refractivity contribution is -0.384. The lowest BCUT2D eigenvalue weighted by Crippen LogP contribution is -2.49. The molecule has 2 heterocycles. The average molecular weight is 357 g/mol. The summed E-state index contributed by atoms with van der Waals surface area (Å²) in [5.74, 6) is 1.68. The van der Waals surface area contributed by atoms with E-state index in [0.29, 0.717) is 43.4 Å². The van der Waals surface area contributed by atoms with Crippen molar-refractivity contribution in [2.75, 3.05) is 38.2 Å². The predicted octanol–water partition coefficient (Wildman–Crippen LogP) is 1.66. The Morgan fingerprint density at radius 2 is 1.92 bits per heavy atom. The fraction of sp³-hybridized carbons (Fsp3) is 0.353. The van der Waals surface area contributed by atoms with Gasteiger partial charge in [-0.05, 0) is 13.0 Å². The second kappa shape index (κ2) is 7.34. The molecule has 1 aliphatic heterocycles. The van der Waals surface area contributed by atoms with E-state index in [1.807, 2.05) is 0 Å². The number of nitrogens with zero attached hydrogens (tertiary/aromatic N) is 5. The third-order valence-corrected chi connectivity index (χ3v) is 4.20. The van der Waals surface area contributed by atoms with Crippen LogP contribution in [0.4, 0.5) is 11.5 Å². The fourth-order valence-corrected chi connectivity index (χ4v) is 2.87. The number of hydrogen-bond acceptors (Lipinski definition) is 7. The molecule has 0 radical (unpaired) electrons. The number of amides is 1. The van der Waals surface area contributed by atoms with Gasteiger partial charge in [-0.25, -0.2) is 4.98 Å². The van der Waals surface area contributed by atoms with Crippen LogP contribution in [-0.2, 0) is 0 Å². The van der Waals surface area contributed by atoms with Crippen LogP contribution in [-0.4, -0.2) is 59.0 Å². The molecule has 26 heavy (non-hydrogen) atoms. The van der Waals surface area contributed by atoms with Crippen LogP contribution in [0.5, 0.6) is 5.88 Å². The highest BCUT2D eigenvalue weighted by molar-refractivity contribution is 5.95. The second-order valence-corrected chi connectivity index (χ2v) is 5.90. The van der Waals surface area contributed by atoms with E-state index in [1.165, 1.54) is 18.2 Å². The van der Waals surface area contributed by atoms with E-state index in [4.69, 9.17) is 4.74 Å². The summed E-state index contributed by atoms with van der Waals surface area (Å²) in [5.41, 5.74) is 0.241. The Balaban J connectivity index is 1.68. The quantitative estimate of drug-likeness (QED) is 0.606. The SMILES string of the molecule is COc1cc(N2CCN(C(=O)c3cccc([N+](=O)[O-])c3)CC2)nc(C)n1. The van der Waals surface area contributed by atoms with Crippen molar-refractivity contribution in [3.8, 4) is 5.88 Å². The molecule has 1 aromatic heterocycles. The van der Waals surface area contributed by atoms with Crippen LogP contribution in [0.2, 0.25) is 0 Å². The van der Waals surface area contributed by atoms with E-state index in [0.717, 1.165) is 5.82 Å². The Kier molecular flexibility index (Phi) is 4.97. The van der Waals surface area contributed by atoms with Crippen molar-refractivity contribution in [1.29, 1.82) is 0 Å². The van der Waals surface area contributed by atoms with Crippen molar-refractivity contribution in [2.45, 2.75) is 6.92 Å². The number of piperazine rings is 1. The summed E-state index contributed by atoms with van der Waals surface area (Å²) in [6.45, 7) is 4.04. The number of benzene rings is 1. The Morgan fingerprint density at radius 3 is 2.58 bits per heavy atom. The molecule has 2 aromatic rings. The number of nitro benzene ring substituents is 1. The van der Waals surface area contributed by atoms with Gasteiger partial charge in [-0.15, -0.1) is 0 Å². The minimum absolute atomic E-state index is 0.0851. The number of hydrogen-bond donors (Lipinski definition) is 0. The topological polar surface area (TPSA) is 102 Å². The van der Waals surface area contributed by atoms with Crippen molar-refractivity contribution in [2.24, 2.45) is 0 Å². The first-order valence-corrected chi connectivity index (χ1v) is 8.16. The largest absolute Gasteiger partial charge is 0.481 e. The third-order valence-electron chi connectivity index (χ3n) is 4.20. The molecular formula is C17H19N5O4. The molecule has 1 amide bonds. The molecule has 9 nitrogen and oxygen atoms in total. The summed E-state index contributed by atoms with van der Waals surface area (Å²) < 4.78 is 5.18. The van der Waals surface area contributed by atoms with Crippen LogP contribution >= 0.6 is 0 Å². The van der Waals surface area contributed by atoms with Crippen molar-refractivity contribution >= 4 is 17.4 Å². The number of non-ortho nitro benzene ring substituents is 1. The highest BCUT2D eigenvalue weighted by Crippen LogP contribution is 2.20. The van der Waals surface area contributed by atoms with Gasteiger partial charge in [0.2, 0.25) is 5.88 Å². The van der Waals surface area contributed by atoms with Gasteiger partial charge >= 0.3 is 0 Å². The van der Waals surface area contributed by atoms with E-state index >= 15 is 0 Å². The molecular weight excluding hydrogens is 338 g/mol. The molecule has 1 fully saturated rings. The Labute approximate surface area is 150 Å². The summed E-state index contributed by atoms with van der Waals surface area (Å²) in [5, 5.41) is 10.9. The third kappa shape index (κ3) is 3.71. The van der Waals surface area contributed by atoms with E-state index < -0.39 is 4.92 Å². The van der Waals surface area contributed by atoms with Gasteiger partial charge in [0.1, 0.15) is 11.6 Å². The number of rotatable bonds is 4. The molecule has 9 heteroatoms. The lowest BCUT2D eigenvalue weighted by Gasteiger charge is -2.35. The number of carbonyl (C=O) groups is 1. The van der Waals surface area contributed by atoms with Crippen LogP contribution in [0, 0.1) is 17.0 Å². The van der Waals surface area contributed by atoms with Crippen molar-refractivity contribution in [3.63, 3.8) is 0 Å². The summed E-state index contributed by atoms with van der Waals surface area (Å²) in [6, 6.07) is 7.58. The zero-order valence-electron chi connectivity index (χ0n) is 14.6. The number of carbonyl (C=O) groups excluding carboxylic acids is 1. The molecule has 0 N–H and O–H groups in total. The first kappa shape index (κ1) is 17.6. The van der Waals surface area contributed by atoms with Crippen LogP contribution < -0.4 is 9.64 Å². The second-order valence-electron chi connectivity index (χ2n) is 5.90. The van der Waals surface area contributed by atoms with E-state index in [1.54, 1.807) is 31.1 Å². The predicted molar refractivity (Wildman–Crippen MR) is 94.5 cm³/mol. The zero-order chi connectivity index (χ0) is 18.7. The minimum Gasteiger partial charge on any atom is -0.481 e. The molecule has 0 spiro atoms. The monoisotopic (exact) mass is 357 g/mol. The smallest absolute Gasteiger partial charge is 0.270 e. The molecule has 0 bridgehead atoms. The normalized spacial score (nSPS) is 14.2. The Hall–Kier alpha value is -3.23. The molecule has 136 valence electrons. The first-order valence-electron chi connectivity index (χ1n) is 8.16. The summed E-state index contributed by atoms with van der Waals surface area (Å²) in [7, 11) is 1.56. The molecule has 0 atom stereocenters. The van der Waals surface area contributed by atoms with E-state index in [9.17, 15) is 14.9 Å². The molecule has 0 saturated carbocycles. The molecule has 3 rings (SSSR count). The van der Waals surface area contributed by atoms with Gasteiger partial charge in [-0.1, -0.05) is 6.07 Å². The van der Waals surface area contributed by atoms with Crippen LogP contribution in [0.1, 0.15) is 16.2 Å². The molecule has 1 aliphatic rings. The van der Waals surface area contributed by atoms with Gasteiger partial charge in [0, 0.05) is 49.9 Å². The number of anilines is 1. The Bertz CT molecular complexity index is 834. The minimum atomic E-state index is -0.500. The van der Waals surface area contributed by atoms with Crippen molar-refractivity contribution < 1.29 is 14.5 Å². The number of methoxy groups -OCH3 is 1. The zero-order valence-corrected chi connectivity index (χ0v) is 14.6. The van der Waals surface area contributed by atoms with E-state index in [-0.39, 0.29) is 11.6 Å². The number of aryl methyl sites for hydroxylation is 1. The van der Waals surface area contributed by atoms with Crippen molar-refractivity contribution in [3.05, 3.63) is 51.8 Å². The van der Waals surface area contributed by atoms with Crippen LogP contribution in [0.25, 0.3) is 0 Å². The number of ether oxygens (including phenoxy) is 1. The molecule has 0 unspecified atom stereocenters. The van der Waals surface area contributed by atoms with Crippen molar-refractivity contribution in [1.82, 2.24) is 14.9 Å².